The van der Waals surface area contributed by atoms with E-state index in [0.29, 0.717) is 6.17 Å². The molecule has 0 aliphatic carbocycles. The molecule has 1 aliphatic heterocycles. The Balaban J connectivity index is 2.56. The molecule has 0 spiro atoms. The van der Waals surface area contributed by atoms with Gasteiger partial charge >= 0.3 is 0 Å². The second-order valence-electron chi connectivity index (χ2n) is 2.08. The molecule has 0 saturated carbocycles. The number of hydrogen-bond acceptors (Lipinski definition) is 3. The van der Waals surface area contributed by atoms with E-state index >= 15 is 0 Å². The fourth-order valence-corrected chi connectivity index (χ4v) is 0.748. The smallest absolute Gasteiger partial charge is 0.120 e. The van der Waals surface area contributed by atoms with E-state index in [4.69, 9.17) is 0 Å². The molecule has 1 rings (SSSR count). The van der Waals surface area contributed by atoms with Crippen LogP contribution in [0.3, 0.4) is 0 Å². The van der Waals surface area contributed by atoms with E-state index < -0.39 is 0 Å². The minimum Gasteiger partial charge on any atom is -0.351 e. The summed E-state index contributed by atoms with van der Waals surface area (Å²) in [5.74, 6) is 1.00. The van der Waals surface area contributed by atoms with E-state index in [1.807, 2.05) is 19.0 Å². The van der Waals surface area contributed by atoms with Gasteiger partial charge in [0.1, 0.15) is 12.0 Å². The number of hydrazone groups is 1. The number of nitrogens with one attached hydrogen (secondary N) is 1. The first-order valence-corrected chi connectivity index (χ1v) is 2.75. The Morgan fingerprint density at radius 2 is 2.38 bits per heavy atom. The quantitative estimate of drug-likeness (QED) is 0.486. The minimum absolute atomic E-state index is 0.370. The molecule has 0 bridgehead atoms. The van der Waals surface area contributed by atoms with Crippen LogP contribution in [0.1, 0.15) is 13.8 Å². The zero-order valence-corrected chi connectivity index (χ0v) is 5.47. The summed E-state index contributed by atoms with van der Waals surface area (Å²) in [5.41, 5.74) is 0. The molecule has 1 unspecified atom stereocenters. The van der Waals surface area contributed by atoms with Crippen molar-refractivity contribution in [2.75, 3.05) is 7.05 Å². The van der Waals surface area contributed by atoms with Gasteiger partial charge in [-0.1, -0.05) is 0 Å². The lowest BCUT2D eigenvalue weighted by Crippen LogP contribution is -2.31. The molecule has 0 aromatic rings. The van der Waals surface area contributed by atoms with Gasteiger partial charge in [-0.05, 0) is 13.8 Å². The van der Waals surface area contributed by atoms with E-state index in [1.54, 1.807) is 0 Å². The van der Waals surface area contributed by atoms with Gasteiger partial charge in [0.05, 0.1) is 0 Å². The second kappa shape index (κ2) is 1.65. The van der Waals surface area contributed by atoms with Crippen LogP contribution < -0.4 is 5.32 Å². The zero-order chi connectivity index (χ0) is 6.15. The van der Waals surface area contributed by atoms with Crippen molar-refractivity contribution in [3.8, 4) is 0 Å². The summed E-state index contributed by atoms with van der Waals surface area (Å²) in [4.78, 5) is 0. The third-order valence-corrected chi connectivity index (χ3v) is 1.29. The number of rotatable bonds is 0. The van der Waals surface area contributed by atoms with Gasteiger partial charge in [-0.3, -0.25) is 5.01 Å². The van der Waals surface area contributed by atoms with Gasteiger partial charge in [0.25, 0.3) is 0 Å². The Labute approximate surface area is 49.4 Å². The van der Waals surface area contributed by atoms with Crippen molar-refractivity contribution in [1.29, 1.82) is 0 Å². The molecule has 3 heteroatoms. The number of nitrogens with zero attached hydrogens (tertiary/aromatic N) is 2. The Kier molecular flexibility index (Phi) is 1.12. The molecule has 0 aromatic carbocycles. The van der Waals surface area contributed by atoms with Gasteiger partial charge in [-0.15, -0.1) is 0 Å². The predicted molar refractivity (Wildman–Crippen MR) is 33.5 cm³/mol. The summed E-state index contributed by atoms with van der Waals surface area (Å²) < 4.78 is 0. The van der Waals surface area contributed by atoms with Crippen molar-refractivity contribution in [2.45, 2.75) is 20.0 Å². The standard InChI is InChI=1S/C5H11N3/c1-4-6-5(2)8(3)7-4/h5H,1-3H3,(H,6,7). The third kappa shape index (κ3) is 0.757. The van der Waals surface area contributed by atoms with Crippen molar-refractivity contribution in [1.82, 2.24) is 10.3 Å². The fraction of sp³-hybridized carbons (Fsp3) is 0.800. The Hall–Kier alpha value is -0.730. The van der Waals surface area contributed by atoms with Gasteiger partial charge in [0, 0.05) is 7.05 Å². The minimum atomic E-state index is 0.370. The molecule has 3 nitrogen and oxygen atoms in total. The first-order chi connectivity index (χ1) is 3.70. The molecule has 0 saturated heterocycles. The highest BCUT2D eigenvalue weighted by Crippen LogP contribution is 1.98. The summed E-state index contributed by atoms with van der Waals surface area (Å²) in [6, 6.07) is 0. The molecule has 46 valence electrons. The monoisotopic (exact) mass is 113 g/mol. The van der Waals surface area contributed by atoms with Gasteiger partial charge in [0.15, 0.2) is 0 Å². The fourth-order valence-electron chi connectivity index (χ4n) is 0.748. The maximum atomic E-state index is 4.11. The molecule has 1 heterocycles. The molecule has 0 amide bonds. The maximum absolute atomic E-state index is 4.11. The largest absolute Gasteiger partial charge is 0.351 e. The van der Waals surface area contributed by atoms with Crippen LogP contribution in [0.15, 0.2) is 5.10 Å². The molecule has 1 N–H and O–H groups in total. The van der Waals surface area contributed by atoms with Crippen LogP contribution in [0, 0.1) is 0 Å². The van der Waals surface area contributed by atoms with Crippen molar-refractivity contribution >= 4 is 5.84 Å². The average molecular weight is 113 g/mol. The second-order valence-corrected chi connectivity index (χ2v) is 2.08. The van der Waals surface area contributed by atoms with Crippen LogP contribution in [0.25, 0.3) is 0 Å². The zero-order valence-electron chi connectivity index (χ0n) is 5.47. The van der Waals surface area contributed by atoms with E-state index in [2.05, 4.69) is 17.3 Å². The molecule has 1 atom stereocenters. The SMILES string of the molecule is CC1=NN(C)C(C)N1. The van der Waals surface area contributed by atoms with Crippen molar-refractivity contribution < 1.29 is 0 Å². The van der Waals surface area contributed by atoms with E-state index in [0.717, 1.165) is 5.84 Å². The lowest BCUT2D eigenvalue weighted by atomic mass is 10.5. The topological polar surface area (TPSA) is 27.6 Å². The van der Waals surface area contributed by atoms with E-state index in [1.165, 1.54) is 0 Å². The van der Waals surface area contributed by atoms with E-state index in [-0.39, 0.29) is 0 Å². The number of amidine groups is 1. The summed E-state index contributed by atoms with van der Waals surface area (Å²) in [6.45, 7) is 4.03. The first kappa shape index (κ1) is 5.41. The van der Waals surface area contributed by atoms with Gasteiger partial charge in [-0.25, -0.2) is 0 Å². The summed E-state index contributed by atoms with van der Waals surface area (Å²) in [6.07, 6.45) is 0.370. The third-order valence-electron chi connectivity index (χ3n) is 1.29. The Morgan fingerprint density at radius 3 is 2.50 bits per heavy atom. The van der Waals surface area contributed by atoms with Crippen LogP contribution in [0.5, 0.6) is 0 Å². The Bertz CT molecular complexity index is 119. The van der Waals surface area contributed by atoms with Gasteiger partial charge in [0.2, 0.25) is 0 Å². The lowest BCUT2D eigenvalue weighted by molar-refractivity contribution is 0.286. The molecular weight excluding hydrogens is 102 g/mol. The highest BCUT2D eigenvalue weighted by Gasteiger charge is 2.12. The van der Waals surface area contributed by atoms with E-state index in [9.17, 15) is 0 Å². The average Bonchev–Trinajstić information content (AvgIpc) is 1.85. The van der Waals surface area contributed by atoms with Crippen LogP contribution in [-0.4, -0.2) is 24.1 Å². The predicted octanol–water partition coefficient (Wildman–Crippen LogP) is 0.201. The molecule has 0 radical (unpaired) electrons. The Morgan fingerprint density at radius 1 is 1.75 bits per heavy atom. The molecule has 0 fully saturated rings. The van der Waals surface area contributed by atoms with Crippen molar-refractivity contribution in [3.63, 3.8) is 0 Å². The van der Waals surface area contributed by atoms with Crippen molar-refractivity contribution in [3.05, 3.63) is 0 Å². The van der Waals surface area contributed by atoms with Crippen LogP contribution in [0.4, 0.5) is 0 Å². The highest BCUT2D eigenvalue weighted by atomic mass is 15.6. The molecular formula is C5H11N3. The maximum Gasteiger partial charge on any atom is 0.120 e. The highest BCUT2D eigenvalue weighted by molar-refractivity contribution is 5.80. The molecule has 8 heavy (non-hydrogen) atoms. The van der Waals surface area contributed by atoms with Crippen LogP contribution >= 0.6 is 0 Å². The lowest BCUT2D eigenvalue weighted by Gasteiger charge is -2.12. The molecule has 1 aliphatic rings. The first-order valence-electron chi connectivity index (χ1n) is 2.75. The van der Waals surface area contributed by atoms with Crippen molar-refractivity contribution in [2.24, 2.45) is 5.10 Å². The van der Waals surface area contributed by atoms with Gasteiger partial charge < -0.3 is 5.32 Å². The van der Waals surface area contributed by atoms with Gasteiger partial charge in [-0.2, -0.15) is 5.10 Å². The normalized spacial score (nSPS) is 27.6. The molecule has 0 aromatic heterocycles. The summed E-state index contributed by atoms with van der Waals surface area (Å²) in [5, 5.41) is 9.15. The summed E-state index contributed by atoms with van der Waals surface area (Å²) >= 11 is 0. The van der Waals surface area contributed by atoms with Crippen LogP contribution in [0.2, 0.25) is 0 Å². The van der Waals surface area contributed by atoms with Crippen LogP contribution in [-0.2, 0) is 0 Å². The summed E-state index contributed by atoms with van der Waals surface area (Å²) in [7, 11) is 1.95. The number of hydrogen-bond donors (Lipinski definition) is 1.